The van der Waals surface area contributed by atoms with E-state index in [1.165, 1.54) is 11.8 Å². The van der Waals surface area contributed by atoms with Crippen molar-refractivity contribution in [2.75, 3.05) is 13.4 Å². The first-order valence-electron chi connectivity index (χ1n) is 8.35. The first kappa shape index (κ1) is 18.1. The van der Waals surface area contributed by atoms with Crippen LogP contribution in [0.15, 0.2) is 58.3 Å². The molecule has 0 aliphatic heterocycles. The van der Waals surface area contributed by atoms with Crippen LogP contribution in [-0.2, 0) is 11.3 Å². The van der Waals surface area contributed by atoms with Crippen LogP contribution >= 0.6 is 11.8 Å². The summed E-state index contributed by atoms with van der Waals surface area (Å²) in [4.78, 5) is 21.1. The van der Waals surface area contributed by atoms with E-state index >= 15 is 0 Å². The van der Waals surface area contributed by atoms with Crippen molar-refractivity contribution in [3.05, 3.63) is 60.2 Å². The van der Waals surface area contributed by atoms with E-state index in [0.29, 0.717) is 16.6 Å². The number of esters is 1. The number of carbonyl (C=O) groups excluding carboxylic acids is 1. The number of benzene rings is 1. The molecule has 0 aliphatic rings. The number of aromatic nitrogens is 4. The molecule has 9 heteroatoms. The Balaban J connectivity index is 1.48. The third-order valence-corrected chi connectivity index (χ3v) is 4.68. The summed E-state index contributed by atoms with van der Waals surface area (Å²) in [6, 6.07) is 12.8. The molecule has 0 amide bonds. The number of thioether (sulfide) groups is 1. The van der Waals surface area contributed by atoms with Crippen LogP contribution in [0.5, 0.6) is 5.75 Å². The molecule has 3 aromatic heterocycles. The van der Waals surface area contributed by atoms with Crippen LogP contribution in [0.1, 0.15) is 16.3 Å². The Morgan fingerprint density at radius 3 is 2.75 bits per heavy atom. The monoisotopic (exact) mass is 396 g/mol. The van der Waals surface area contributed by atoms with Crippen molar-refractivity contribution in [3.63, 3.8) is 0 Å². The number of hydrogen-bond acceptors (Lipinski definition) is 8. The molecule has 1 aromatic carbocycles. The number of ether oxygens (including phenoxy) is 2. The van der Waals surface area contributed by atoms with Gasteiger partial charge in [0.2, 0.25) is 5.82 Å². The van der Waals surface area contributed by atoms with Crippen LogP contribution in [0.3, 0.4) is 0 Å². The van der Waals surface area contributed by atoms with E-state index in [-0.39, 0.29) is 18.1 Å². The Kier molecular flexibility index (Phi) is 4.98. The molecule has 0 fully saturated rings. The van der Waals surface area contributed by atoms with Gasteiger partial charge >= 0.3 is 5.97 Å². The fourth-order valence-electron chi connectivity index (χ4n) is 2.67. The minimum absolute atomic E-state index is 0.112. The van der Waals surface area contributed by atoms with Gasteiger partial charge in [-0.2, -0.15) is 4.98 Å². The lowest BCUT2D eigenvalue weighted by atomic mass is 10.2. The van der Waals surface area contributed by atoms with E-state index < -0.39 is 5.97 Å². The SMILES string of the molecule is COc1ccc(-c2nc(COC(=O)c3nc(SC)n4ccccc34)no2)cc1. The molecule has 28 heavy (non-hydrogen) atoms. The van der Waals surface area contributed by atoms with Gasteiger partial charge in [0.05, 0.1) is 12.6 Å². The minimum Gasteiger partial charge on any atom is -0.497 e. The highest BCUT2D eigenvalue weighted by Crippen LogP contribution is 2.22. The predicted octanol–water partition coefficient (Wildman–Crippen LogP) is 3.47. The maximum atomic E-state index is 12.5. The lowest BCUT2D eigenvalue weighted by molar-refractivity contribution is 0.0455. The summed E-state index contributed by atoms with van der Waals surface area (Å²) in [6.45, 7) is -0.112. The van der Waals surface area contributed by atoms with Gasteiger partial charge in [-0.05, 0) is 42.7 Å². The van der Waals surface area contributed by atoms with E-state index in [0.717, 1.165) is 11.3 Å². The van der Waals surface area contributed by atoms with Crippen molar-refractivity contribution in [2.45, 2.75) is 11.8 Å². The van der Waals surface area contributed by atoms with E-state index in [9.17, 15) is 4.79 Å². The molecule has 0 N–H and O–H groups in total. The van der Waals surface area contributed by atoms with Crippen LogP contribution < -0.4 is 4.74 Å². The van der Waals surface area contributed by atoms with E-state index in [2.05, 4.69) is 15.1 Å². The van der Waals surface area contributed by atoms with Gasteiger partial charge in [0.25, 0.3) is 5.89 Å². The van der Waals surface area contributed by atoms with Crippen LogP contribution in [-0.4, -0.2) is 38.9 Å². The van der Waals surface area contributed by atoms with E-state index in [1.54, 1.807) is 19.2 Å². The second-order valence-corrected chi connectivity index (χ2v) is 6.50. The van der Waals surface area contributed by atoms with Crippen molar-refractivity contribution < 1.29 is 18.8 Å². The Labute approximate surface area is 164 Å². The molecule has 0 unspecified atom stereocenters. The molecule has 0 bridgehead atoms. The number of methoxy groups -OCH3 is 1. The fraction of sp³-hybridized carbons (Fsp3) is 0.158. The Morgan fingerprint density at radius 2 is 2.00 bits per heavy atom. The Bertz CT molecular complexity index is 1120. The van der Waals surface area contributed by atoms with Gasteiger partial charge in [-0.3, -0.25) is 4.40 Å². The number of fused-ring (bicyclic) bond motifs is 1. The van der Waals surface area contributed by atoms with Gasteiger partial charge in [-0.1, -0.05) is 23.0 Å². The van der Waals surface area contributed by atoms with Crippen LogP contribution in [0, 0.1) is 0 Å². The Hall–Kier alpha value is -3.33. The van der Waals surface area contributed by atoms with Crippen LogP contribution in [0.4, 0.5) is 0 Å². The highest BCUT2D eigenvalue weighted by Gasteiger charge is 2.19. The maximum absolute atomic E-state index is 12.5. The molecule has 0 saturated carbocycles. The third kappa shape index (κ3) is 3.44. The molecule has 0 radical (unpaired) electrons. The van der Waals surface area contributed by atoms with Gasteiger partial charge in [0.15, 0.2) is 17.5 Å². The lowest BCUT2D eigenvalue weighted by Gasteiger charge is -2.00. The number of nitrogens with zero attached hydrogens (tertiary/aromatic N) is 4. The standard InChI is InChI=1S/C19H16N4O4S/c1-25-13-8-6-12(7-9-13)17-20-15(22-27-17)11-26-18(24)16-14-5-3-4-10-23(14)19(21-16)28-2/h3-10H,11H2,1-2H3. The van der Waals surface area contributed by atoms with E-state index in [1.807, 2.05) is 47.2 Å². The zero-order chi connectivity index (χ0) is 19.5. The van der Waals surface area contributed by atoms with E-state index in [4.69, 9.17) is 14.0 Å². The zero-order valence-electron chi connectivity index (χ0n) is 15.2. The quantitative estimate of drug-likeness (QED) is 0.361. The summed E-state index contributed by atoms with van der Waals surface area (Å²) in [5.41, 5.74) is 1.68. The molecular weight excluding hydrogens is 380 g/mol. The van der Waals surface area contributed by atoms with Gasteiger partial charge in [0, 0.05) is 11.8 Å². The summed E-state index contributed by atoms with van der Waals surface area (Å²) in [5, 5.41) is 4.57. The number of carbonyl (C=O) groups is 1. The largest absolute Gasteiger partial charge is 0.497 e. The van der Waals surface area contributed by atoms with Gasteiger partial charge in [0.1, 0.15) is 5.75 Å². The topological polar surface area (TPSA) is 91.8 Å². The zero-order valence-corrected chi connectivity index (χ0v) is 16.0. The molecule has 142 valence electrons. The van der Waals surface area contributed by atoms with Crippen molar-refractivity contribution in [1.82, 2.24) is 19.5 Å². The number of hydrogen-bond donors (Lipinski definition) is 0. The van der Waals surface area contributed by atoms with Gasteiger partial charge < -0.3 is 14.0 Å². The summed E-state index contributed by atoms with van der Waals surface area (Å²) >= 11 is 1.45. The first-order valence-corrected chi connectivity index (χ1v) is 9.57. The molecular formula is C19H16N4O4S. The van der Waals surface area contributed by atoms with Gasteiger partial charge in [-0.15, -0.1) is 0 Å². The van der Waals surface area contributed by atoms with Crippen LogP contribution in [0.25, 0.3) is 17.0 Å². The Morgan fingerprint density at radius 1 is 1.18 bits per heavy atom. The third-order valence-electron chi connectivity index (χ3n) is 4.03. The average Bonchev–Trinajstić information content (AvgIpc) is 3.37. The molecule has 4 rings (SSSR count). The molecule has 0 saturated heterocycles. The maximum Gasteiger partial charge on any atom is 0.359 e. The van der Waals surface area contributed by atoms with Crippen molar-refractivity contribution >= 4 is 23.2 Å². The smallest absolute Gasteiger partial charge is 0.359 e. The van der Waals surface area contributed by atoms with Crippen molar-refractivity contribution in [3.8, 4) is 17.2 Å². The van der Waals surface area contributed by atoms with Crippen molar-refractivity contribution in [2.24, 2.45) is 0 Å². The highest BCUT2D eigenvalue weighted by atomic mass is 32.2. The second-order valence-electron chi connectivity index (χ2n) is 5.72. The molecule has 8 nitrogen and oxygen atoms in total. The molecule has 4 aromatic rings. The fourth-order valence-corrected chi connectivity index (χ4v) is 3.20. The van der Waals surface area contributed by atoms with Crippen molar-refractivity contribution in [1.29, 1.82) is 0 Å². The lowest BCUT2D eigenvalue weighted by Crippen LogP contribution is -2.07. The van der Waals surface area contributed by atoms with Crippen LogP contribution in [0.2, 0.25) is 0 Å². The summed E-state index contributed by atoms with van der Waals surface area (Å²) in [6.07, 6.45) is 3.75. The molecule has 0 aliphatic carbocycles. The molecule has 0 spiro atoms. The number of imidazole rings is 1. The average molecular weight is 396 g/mol. The first-order chi connectivity index (χ1) is 13.7. The highest BCUT2D eigenvalue weighted by molar-refractivity contribution is 7.98. The summed E-state index contributed by atoms with van der Waals surface area (Å²) in [5.74, 6) is 0.799. The molecule has 0 atom stereocenters. The summed E-state index contributed by atoms with van der Waals surface area (Å²) in [7, 11) is 1.60. The second kappa shape index (κ2) is 7.73. The summed E-state index contributed by atoms with van der Waals surface area (Å²) < 4.78 is 17.5. The minimum atomic E-state index is -0.542. The number of rotatable bonds is 6. The van der Waals surface area contributed by atoms with Gasteiger partial charge in [-0.25, -0.2) is 9.78 Å². The normalized spacial score (nSPS) is 10.9. The number of pyridine rings is 1. The predicted molar refractivity (Wildman–Crippen MR) is 102 cm³/mol. The molecule has 3 heterocycles.